The molecule has 1 aromatic heterocycles. The molecule has 0 spiro atoms. The third-order valence-electron chi connectivity index (χ3n) is 5.16. The van der Waals surface area contributed by atoms with Gasteiger partial charge in [0.05, 0.1) is 0 Å². The zero-order valence-corrected chi connectivity index (χ0v) is 13.1. The van der Waals surface area contributed by atoms with Gasteiger partial charge in [-0.25, -0.2) is 0 Å². The lowest BCUT2D eigenvalue weighted by Crippen LogP contribution is -2.55. The van der Waals surface area contributed by atoms with Gasteiger partial charge in [0.25, 0.3) is 0 Å². The quantitative estimate of drug-likeness (QED) is 0.841. The van der Waals surface area contributed by atoms with E-state index in [0.29, 0.717) is 12.0 Å². The summed E-state index contributed by atoms with van der Waals surface area (Å²) in [7, 11) is 0. The Hall–Kier alpha value is -0.800. The van der Waals surface area contributed by atoms with Crippen molar-refractivity contribution in [3.8, 4) is 0 Å². The molecule has 3 heterocycles. The van der Waals surface area contributed by atoms with Crippen molar-refractivity contribution < 1.29 is 4.42 Å². The Kier molecular flexibility index (Phi) is 4.18. The van der Waals surface area contributed by atoms with Crippen LogP contribution in [0.15, 0.2) is 16.5 Å². The summed E-state index contributed by atoms with van der Waals surface area (Å²) < 4.78 is 5.75. The van der Waals surface area contributed by atoms with E-state index in [1.807, 2.05) is 6.92 Å². The Morgan fingerprint density at radius 3 is 2.95 bits per heavy atom. The molecule has 0 bridgehead atoms. The molecule has 3 nitrogen and oxygen atoms in total. The van der Waals surface area contributed by atoms with Crippen LogP contribution in [0.3, 0.4) is 0 Å². The first-order valence-electron chi connectivity index (χ1n) is 8.18. The van der Waals surface area contributed by atoms with Crippen molar-refractivity contribution >= 4 is 0 Å². The van der Waals surface area contributed by atoms with E-state index in [0.717, 1.165) is 17.6 Å². The third kappa shape index (κ3) is 2.94. The summed E-state index contributed by atoms with van der Waals surface area (Å²) in [5.74, 6) is 2.70. The number of rotatable bonds is 4. The minimum Gasteiger partial charge on any atom is -0.466 e. The minimum absolute atomic E-state index is 0.525. The highest BCUT2D eigenvalue weighted by atomic mass is 16.3. The molecule has 2 aliphatic heterocycles. The van der Waals surface area contributed by atoms with Crippen LogP contribution in [0, 0.1) is 6.92 Å². The second-order valence-electron chi connectivity index (χ2n) is 6.77. The zero-order chi connectivity index (χ0) is 14.1. The predicted octanol–water partition coefficient (Wildman–Crippen LogP) is 3.25. The molecule has 0 N–H and O–H groups in total. The van der Waals surface area contributed by atoms with Gasteiger partial charge in [0.2, 0.25) is 0 Å². The second-order valence-corrected chi connectivity index (χ2v) is 6.77. The molecule has 2 aliphatic rings. The van der Waals surface area contributed by atoms with Gasteiger partial charge in [0, 0.05) is 31.1 Å². The van der Waals surface area contributed by atoms with Crippen LogP contribution in [0.5, 0.6) is 0 Å². The normalized spacial score (nSPS) is 29.6. The van der Waals surface area contributed by atoms with Crippen LogP contribution in [0.1, 0.15) is 50.5 Å². The van der Waals surface area contributed by atoms with Gasteiger partial charge in [0.1, 0.15) is 11.5 Å². The molecule has 3 atom stereocenters. The van der Waals surface area contributed by atoms with E-state index in [1.54, 1.807) is 0 Å². The fraction of sp³-hybridized carbons (Fsp3) is 0.765. The van der Waals surface area contributed by atoms with Crippen LogP contribution in [-0.2, 0) is 0 Å². The maximum absolute atomic E-state index is 5.75. The smallest absolute Gasteiger partial charge is 0.107 e. The monoisotopic (exact) mass is 276 g/mol. The highest BCUT2D eigenvalue weighted by Gasteiger charge is 2.34. The number of piperazine rings is 1. The lowest BCUT2D eigenvalue weighted by atomic mass is 10.0. The summed E-state index contributed by atoms with van der Waals surface area (Å²) in [6.07, 6.45) is 3.99. The highest BCUT2D eigenvalue weighted by molar-refractivity contribution is 5.09. The first-order chi connectivity index (χ1) is 9.63. The summed E-state index contributed by atoms with van der Waals surface area (Å²) in [5.41, 5.74) is 0. The zero-order valence-electron chi connectivity index (χ0n) is 13.1. The van der Waals surface area contributed by atoms with E-state index >= 15 is 0 Å². The number of hydrogen-bond acceptors (Lipinski definition) is 3. The molecule has 112 valence electrons. The van der Waals surface area contributed by atoms with Crippen LogP contribution >= 0.6 is 0 Å². The van der Waals surface area contributed by atoms with Gasteiger partial charge in [-0.3, -0.25) is 9.80 Å². The number of nitrogens with zero attached hydrogens (tertiary/aromatic N) is 2. The maximum Gasteiger partial charge on any atom is 0.107 e. The SMILES string of the molecule is Cc1ccc([C@@H](C)CCN2C[C@@H]3CCCN3C[C@H]2C)o1. The fourth-order valence-corrected chi connectivity index (χ4v) is 3.78. The lowest BCUT2D eigenvalue weighted by Gasteiger charge is -2.42. The van der Waals surface area contributed by atoms with Crippen LogP contribution in [0.25, 0.3) is 0 Å². The number of fused-ring (bicyclic) bond motifs is 1. The summed E-state index contributed by atoms with van der Waals surface area (Å²) in [6.45, 7) is 11.8. The Bertz CT molecular complexity index is 442. The van der Waals surface area contributed by atoms with Gasteiger partial charge in [0.15, 0.2) is 0 Å². The van der Waals surface area contributed by atoms with Crippen molar-refractivity contribution in [2.24, 2.45) is 0 Å². The molecule has 1 aromatic rings. The fourth-order valence-electron chi connectivity index (χ4n) is 3.78. The van der Waals surface area contributed by atoms with Crippen molar-refractivity contribution in [3.63, 3.8) is 0 Å². The standard InChI is InChI=1S/C17H28N2O/c1-13(17-7-6-15(3)20-17)8-10-18-12-16-5-4-9-19(16)11-14(18)2/h6-7,13-14,16H,4-5,8-12H2,1-3H3/t13-,14+,16-/m0/s1. The van der Waals surface area contributed by atoms with Crippen LogP contribution in [0.4, 0.5) is 0 Å². The Morgan fingerprint density at radius 2 is 2.20 bits per heavy atom. The Balaban J connectivity index is 1.52. The van der Waals surface area contributed by atoms with E-state index in [-0.39, 0.29) is 0 Å². The molecule has 3 heteroatoms. The molecule has 2 saturated heterocycles. The molecule has 3 rings (SSSR count). The van der Waals surface area contributed by atoms with E-state index in [1.165, 1.54) is 45.4 Å². The largest absolute Gasteiger partial charge is 0.466 e. The van der Waals surface area contributed by atoms with E-state index < -0.39 is 0 Å². The van der Waals surface area contributed by atoms with E-state index in [4.69, 9.17) is 4.42 Å². The predicted molar refractivity (Wildman–Crippen MR) is 82.1 cm³/mol. The summed E-state index contributed by atoms with van der Waals surface area (Å²) >= 11 is 0. The second kappa shape index (κ2) is 5.90. The van der Waals surface area contributed by atoms with Gasteiger partial charge >= 0.3 is 0 Å². The molecule has 0 aliphatic carbocycles. The molecule has 20 heavy (non-hydrogen) atoms. The van der Waals surface area contributed by atoms with Gasteiger partial charge in [-0.15, -0.1) is 0 Å². The van der Waals surface area contributed by atoms with Crippen molar-refractivity contribution in [3.05, 3.63) is 23.7 Å². The third-order valence-corrected chi connectivity index (χ3v) is 5.16. The summed E-state index contributed by atoms with van der Waals surface area (Å²) in [4.78, 5) is 5.39. The lowest BCUT2D eigenvalue weighted by molar-refractivity contribution is 0.0573. The summed E-state index contributed by atoms with van der Waals surface area (Å²) in [5, 5.41) is 0. The van der Waals surface area contributed by atoms with Crippen molar-refractivity contribution in [1.82, 2.24) is 9.80 Å². The Morgan fingerprint density at radius 1 is 1.35 bits per heavy atom. The van der Waals surface area contributed by atoms with Gasteiger partial charge in [-0.1, -0.05) is 6.92 Å². The number of furan rings is 1. The topological polar surface area (TPSA) is 19.6 Å². The van der Waals surface area contributed by atoms with Crippen molar-refractivity contribution in [1.29, 1.82) is 0 Å². The van der Waals surface area contributed by atoms with Crippen LogP contribution < -0.4 is 0 Å². The van der Waals surface area contributed by atoms with Crippen LogP contribution in [0.2, 0.25) is 0 Å². The molecule has 0 radical (unpaired) electrons. The van der Waals surface area contributed by atoms with Crippen molar-refractivity contribution in [2.45, 2.75) is 58.0 Å². The average molecular weight is 276 g/mol. The first-order valence-corrected chi connectivity index (χ1v) is 8.18. The van der Waals surface area contributed by atoms with Gasteiger partial charge in [-0.2, -0.15) is 0 Å². The molecule has 2 fully saturated rings. The summed E-state index contributed by atoms with van der Waals surface area (Å²) in [6, 6.07) is 5.74. The maximum atomic E-state index is 5.75. The number of hydrogen-bond donors (Lipinski definition) is 0. The van der Waals surface area contributed by atoms with Crippen molar-refractivity contribution in [2.75, 3.05) is 26.2 Å². The number of aryl methyl sites for hydroxylation is 1. The molecule has 0 aromatic carbocycles. The van der Waals surface area contributed by atoms with Gasteiger partial charge < -0.3 is 4.42 Å². The van der Waals surface area contributed by atoms with Gasteiger partial charge in [-0.05, 0) is 58.3 Å². The molecule has 0 unspecified atom stereocenters. The average Bonchev–Trinajstić information content (AvgIpc) is 3.04. The van der Waals surface area contributed by atoms with E-state index in [9.17, 15) is 0 Å². The van der Waals surface area contributed by atoms with Crippen LogP contribution in [-0.4, -0.2) is 48.1 Å². The Labute approximate surface area is 122 Å². The molecular formula is C17H28N2O. The minimum atomic E-state index is 0.525. The molecular weight excluding hydrogens is 248 g/mol. The first kappa shape index (κ1) is 14.2. The molecule has 0 saturated carbocycles. The highest BCUT2D eigenvalue weighted by Crippen LogP contribution is 2.27. The van der Waals surface area contributed by atoms with E-state index in [2.05, 4.69) is 35.8 Å². The molecule has 0 amide bonds.